The van der Waals surface area contributed by atoms with Gasteiger partial charge in [-0.15, -0.1) is 0 Å². The maximum Gasteiger partial charge on any atom is 0.191 e. The number of hydrogen-bond acceptors (Lipinski definition) is 1. The van der Waals surface area contributed by atoms with Crippen molar-refractivity contribution in [3.8, 4) is 0 Å². The summed E-state index contributed by atoms with van der Waals surface area (Å²) in [6.07, 6.45) is 4.89. The van der Waals surface area contributed by atoms with Gasteiger partial charge in [0.1, 0.15) is 0 Å². The fourth-order valence-corrected chi connectivity index (χ4v) is 3.18. The molecular formula is C15H16ClNO. The fraction of sp³-hybridized carbons (Fsp3) is 0.400. The SMILES string of the molecule is Cc1ccc(Cl)c2c(=O)cc(C3CCCC3)[nH]c12. The van der Waals surface area contributed by atoms with Crippen molar-refractivity contribution in [1.82, 2.24) is 4.98 Å². The fourth-order valence-electron chi connectivity index (χ4n) is 2.93. The van der Waals surface area contributed by atoms with Crippen LogP contribution in [0.1, 0.15) is 42.9 Å². The summed E-state index contributed by atoms with van der Waals surface area (Å²) >= 11 is 6.13. The summed E-state index contributed by atoms with van der Waals surface area (Å²) < 4.78 is 0. The van der Waals surface area contributed by atoms with Crippen molar-refractivity contribution < 1.29 is 0 Å². The Kier molecular flexibility index (Phi) is 2.90. The van der Waals surface area contributed by atoms with E-state index in [1.807, 2.05) is 13.0 Å². The maximum atomic E-state index is 12.2. The molecule has 2 aromatic rings. The highest BCUT2D eigenvalue weighted by Crippen LogP contribution is 2.33. The second kappa shape index (κ2) is 4.43. The van der Waals surface area contributed by atoms with E-state index in [9.17, 15) is 4.79 Å². The van der Waals surface area contributed by atoms with Crippen LogP contribution < -0.4 is 5.43 Å². The first-order valence-corrected chi connectivity index (χ1v) is 6.86. The first-order valence-electron chi connectivity index (χ1n) is 6.49. The molecule has 1 aromatic heterocycles. The molecule has 0 saturated heterocycles. The van der Waals surface area contributed by atoms with Crippen molar-refractivity contribution in [3.63, 3.8) is 0 Å². The van der Waals surface area contributed by atoms with E-state index in [0.717, 1.165) is 16.8 Å². The molecular weight excluding hydrogens is 246 g/mol. The largest absolute Gasteiger partial charge is 0.358 e. The van der Waals surface area contributed by atoms with Crippen molar-refractivity contribution in [2.24, 2.45) is 0 Å². The molecule has 1 aromatic carbocycles. The molecule has 0 radical (unpaired) electrons. The van der Waals surface area contributed by atoms with E-state index < -0.39 is 0 Å². The molecule has 18 heavy (non-hydrogen) atoms. The third-order valence-corrected chi connectivity index (χ3v) is 4.28. The lowest BCUT2D eigenvalue weighted by molar-refractivity contribution is 0.700. The number of aromatic amines is 1. The molecule has 94 valence electrons. The molecule has 1 fully saturated rings. The highest BCUT2D eigenvalue weighted by atomic mass is 35.5. The van der Waals surface area contributed by atoms with Crippen LogP contribution in [0.2, 0.25) is 5.02 Å². The molecule has 0 amide bonds. The Morgan fingerprint density at radius 1 is 1.28 bits per heavy atom. The third-order valence-electron chi connectivity index (χ3n) is 3.96. The molecule has 1 saturated carbocycles. The van der Waals surface area contributed by atoms with Gasteiger partial charge in [-0.3, -0.25) is 4.79 Å². The van der Waals surface area contributed by atoms with E-state index in [4.69, 9.17) is 11.6 Å². The molecule has 1 heterocycles. The smallest absolute Gasteiger partial charge is 0.191 e. The van der Waals surface area contributed by atoms with Crippen LogP contribution >= 0.6 is 11.6 Å². The van der Waals surface area contributed by atoms with Crippen LogP contribution in [0.25, 0.3) is 10.9 Å². The number of fused-ring (bicyclic) bond motifs is 1. The number of hydrogen-bond donors (Lipinski definition) is 1. The normalized spacial score (nSPS) is 16.6. The van der Waals surface area contributed by atoms with Crippen LogP contribution in [0.3, 0.4) is 0 Å². The van der Waals surface area contributed by atoms with Gasteiger partial charge in [-0.1, -0.05) is 30.5 Å². The van der Waals surface area contributed by atoms with Gasteiger partial charge in [0.2, 0.25) is 0 Å². The molecule has 0 bridgehead atoms. The molecule has 1 N–H and O–H groups in total. The molecule has 3 heteroatoms. The summed E-state index contributed by atoms with van der Waals surface area (Å²) in [5.41, 5.74) is 3.10. The Morgan fingerprint density at radius 3 is 2.72 bits per heavy atom. The zero-order valence-electron chi connectivity index (χ0n) is 10.4. The van der Waals surface area contributed by atoms with Gasteiger partial charge < -0.3 is 4.98 Å². The summed E-state index contributed by atoms with van der Waals surface area (Å²) in [7, 11) is 0. The van der Waals surface area contributed by atoms with Crippen molar-refractivity contribution in [2.45, 2.75) is 38.5 Å². The minimum atomic E-state index is 0.0411. The lowest BCUT2D eigenvalue weighted by atomic mass is 10.0. The van der Waals surface area contributed by atoms with Crippen molar-refractivity contribution in [2.75, 3.05) is 0 Å². The monoisotopic (exact) mass is 261 g/mol. The average Bonchev–Trinajstić information content (AvgIpc) is 2.87. The first-order chi connectivity index (χ1) is 8.66. The Bertz CT molecular complexity index is 653. The summed E-state index contributed by atoms with van der Waals surface area (Å²) in [6.45, 7) is 2.01. The standard InChI is InChI=1S/C15H16ClNO/c1-9-6-7-11(16)14-13(18)8-12(17-15(9)14)10-4-2-3-5-10/h6-8,10H,2-5H2,1H3,(H,17,18). The Morgan fingerprint density at radius 2 is 2.00 bits per heavy atom. The zero-order chi connectivity index (χ0) is 12.7. The summed E-state index contributed by atoms with van der Waals surface area (Å²) in [5.74, 6) is 0.514. The lowest BCUT2D eigenvalue weighted by Gasteiger charge is -2.12. The number of H-pyrrole nitrogens is 1. The second-order valence-corrected chi connectivity index (χ2v) is 5.59. The van der Waals surface area contributed by atoms with Gasteiger partial charge in [-0.05, 0) is 37.3 Å². The van der Waals surface area contributed by atoms with Crippen molar-refractivity contribution in [1.29, 1.82) is 0 Å². The maximum absolute atomic E-state index is 12.2. The quantitative estimate of drug-likeness (QED) is 0.822. The number of rotatable bonds is 1. The van der Waals surface area contributed by atoms with Crippen LogP contribution in [0.5, 0.6) is 0 Å². The third kappa shape index (κ3) is 1.85. The van der Waals surface area contributed by atoms with E-state index in [2.05, 4.69) is 4.98 Å². The van der Waals surface area contributed by atoms with Crippen LogP contribution in [0.4, 0.5) is 0 Å². The number of halogens is 1. The number of benzene rings is 1. The highest BCUT2D eigenvalue weighted by molar-refractivity contribution is 6.35. The van der Waals surface area contributed by atoms with Crippen molar-refractivity contribution >= 4 is 22.5 Å². The van der Waals surface area contributed by atoms with E-state index in [-0.39, 0.29) is 5.43 Å². The molecule has 0 aliphatic heterocycles. The molecule has 0 atom stereocenters. The lowest BCUT2D eigenvalue weighted by Crippen LogP contribution is -2.08. The van der Waals surface area contributed by atoms with E-state index in [0.29, 0.717) is 16.3 Å². The Hall–Kier alpha value is -1.28. The first kappa shape index (κ1) is 11.8. The van der Waals surface area contributed by atoms with Gasteiger partial charge in [-0.25, -0.2) is 0 Å². The summed E-state index contributed by atoms with van der Waals surface area (Å²) in [4.78, 5) is 15.7. The number of pyridine rings is 1. The number of aromatic nitrogens is 1. The molecule has 1 aliphatic carbocycles. The molecule has 1 aliphatic rings. The van der Waals surface area contributed by atoms with E-state index in [1.165, 1.54) is 25.7 Å². The van der Waals surface area contributed by atoms with Gasteiger partial charge in [0.15, 0.2) is 5.43 Å². The zero-order valence-corrected chi connectivity index (χ0v) is 11.2. The van der Waals surface area contributed by atoms with Crippen LogP contribution in [-0.4, -0.2) is 4.98 Å². The number of nitrogens with one attached hydrogen (secondary N) is 1. The highest BCUT2D eigenvalue weighted by Gasteiger charge is 2.19. The van der Waals surface area contributed by atoms with Crippen LogP contribution in [0, 0.1) is 6.92 Å². The van der Waals surface area contributed by atoms with Gasteiger partial charge in [0.05, 0.1) is 15.9 Å². The van der Waals surface area contributed by atoms with Gasteiger partial charge in [-0.2, -0.15) is 0 Å². The second-order valence-electron chi connectivity index (χ2n) is 5.18. The molecule has 0 spiro atoms. The minimum Gasteiger partial charge on any atom is -0.358 e. The van der Waals surface area contributed by atoms with E-state index in [1.54, 1.807) is 12.1 Å². The van der Waals surface area contributed by atoms with Crippen molar-refractivity contribution in [3.05, 3.63) is 44.7 Å². The van der Waals surface area contributed by atoms with Crippen LogP contribution in [-0.2, 0) is 0 Å². The van der Waals surface area contributed by atoms with Gasteiger partial charge in [0.25, 0.3) is 0 Å². The van der Waals surface area contributed by atoms with Gasteiger partial charge in [0, 0.05) is 11.8 Å². The average molecular weight is 262 g/mol. The topological polar surface area (TPSA) is 32.9 Å². The summed E-state index contributed by atoms with van der Waals surface area (Å²) in [5, 5.41) is 1.16. The Balaban J connectivity index is 2.26. The number of aryl methyl sites for hydroxylation is 1. The minimum absolute atomic E-state index is 0.0411. The summed E-state index contributed by atoms with van der Waals surface area (Å²) in [6, 6.07) is 5.49. The van der Waals surface area contributed by atoms with E-state index >= 15 is 0 Å². The predicted molar refractivity (Wildman–Crippen MR) is 75.5 cm³/mol. The van der Waals surface area contributed by atoms with Gasteiger partial charge >= 0.3 is 0 Å². The predicted octanol–water partition coefficient (Wildman–Crippen LogP) is 4.15. The van der Waals surface area contributed by atoms with Crippen LogP contribution in [0.15, 0.2) is 23.0 Å². The molecule has 0 unspecified atom stereocenters. The molecule has 3 rings (SSSR count). The Labute approximate surface area is 111 Å². The molecule has 2 nitrogen and oxygen atoms in total.